The Morgan fingerprint density at radius 3 is 2.96 bits per heavy atom. The van der Waals surface area contributed by atoms with E-state index in [1.54, 1.807) is 19.4 Å². The number of ketones is 1. The summed E-state index contributed by atoms with van der Waals surface area (Å²) in [6.45, 7) is 2.82. The van der Waals surface area contributed by atoms with Gasteiger partial charge in [0.05, 0.1) is 12.4 Å². The minimum Gasteiger partial charge on any atom is -0.383 e. The molecule has 2 aromatic rings. The number of thioether (sulfide) groups is 1. The lowest BCUT2D eigenvalue weighted by Gasteiger charge is -2.13. The molecule has 0 unspecified atom stereocenters. The number of rotatable bonds is 9. The number of ether oxygens (including phenoxy) is 1. The first kappa shape index (κ1) is 18.9. The minimum atomic E-state index is -0.0455. The third kappa shape index (κ3) is 4.83. The molecule has 0 saturated carbocycles. The van der Waals surface area contributed by atoms with Crippen LogP contribution >= 0.6 is 23.1 Å². The molecule has 1 aliphatic rings. The lowest BCUT2D eigenvalue weighted by atomic mass is 10.2. The van der Waals surface area contributed by atoms with Crippen molar-refractivity contribution in [1.82, 2.24) is 20.1 Å². The van der Waals surface area contributed by atoms with Crippen molar-refractivity contribution >= 4 is 39.9 Å². The predicted octanol–water partition coefficient (Wildman–Crippen LogP) is 2.14. The zero-order chi connectivity index (χ0) is 18.4. The smallest absolute Gasteiger partial charge is 0.270 e. The first-order chi connectivity index (χ1) is 12.7. The molecule has 1 saturated heterocycles. The third-order valence-corrected chi connectivity index (χ3v) is 5.96. The maximum atomic E-state index is 12.4. The first-order valence-electron chi connectivity index (χ1n) is 8.37. The van der Waals surface area contributed by atoms with E-state index in [1.807, 2.05) is 4.90 Å². The molecule has 26 heavy (non-hydrogen) atoms. The van der Waals surface area contributed by atoms with Crippen molar-refractivity contribution in [3.8, 4) is 0 Å². The highest BCUT2D eigenvalue weighted by atomic mass is 32.2. The van der Waals surface area contributed by atoms with Crippen LogP contribution in [-0.4, -0.2) is 70.9 Å². The number of carbonyl (C=O) groups excluding carboxylic acids is 2. The monoisotopic (exact) mass is 395 g/mol. The van der Waals surface area contributed by atoms with Gasteiger partial charge < -0.3 is 19.9 Å². The van der Waals surface area contributed by atoms with Crippen molar-refractivity contribution in [1.29, 1.82) is 0 Å². The number of likely N-dealkylation sites (tertiary alicyclic amines) is 1. The molecule has 3 heterocycles. The molecule has 0 aliphatic carbocycles. The zero-order valence-electron chi connectivity index (χ0n) is 14.5. The number of aromatic amines is 1. The van der Waals surface area contributed by atoms with Crippen molar-refractivity contribution in [3.05, 3.63) is 23.5 Å². The van der Waals surface area contributed by atoms with Gasteiger partial charge in [-0.05, 0) is 18.9 Å². The average molecular weight is 396 g/mol. The molecule has 1 fully saturated rings. The summed E-state index contributed by atoms with van der Waals surface area (Å²) in [5.74, 6) is 0.169. The van der Waals surface area contributed by atoms with E-state index >= 15 is 0 Å². The lowest BCUT2D eigenvalue weighted by molar-refractivity contribution is 0.0787. The van der Waals surface area contributed by atoms with Gasteiger partial charge in [0.25, 0.3) is 5.91 Å². The second-order valence-electron chi connectivity index (χ2n) is 5.81. The Kier molecular flexibility index (Phi) is 6.64. The third-order valence-electron chi connectivity index (χ3n) is 3.94. The van der Waals surface area contributed by atoms with Gasteiger partial charge in [-0.3, -0.25) is 9.59 Å². The molecule has 2 aromatic heterocycles. The Labute approximate surface area is 159 Å². The second-order valence-corrected chi connectivity index (χ2v) is 8.01. The molecule has 0 bridgehead atoms. The van der Waals surface area contributed by atoms with E-state index in [-0.39, 0.29) is 17.4 Å². The van der Waals surface area contributed by atoms with Gasteiger partial charge in [0.1, 0.15) is 5.69 Å². The molecule has 0 atom stereocenters. The number of anilines is 1. The fraction of sp³-hybridized carbons (Fsp3) is 0.500. The van der Waals surface area contributed by atoms with Crippen molar-refractivity contribution in [2.75, 3.05) is 44.4 Å². The zero-order valence-corrected chi connectivity index (χ0v) is 16.1. The number of H-pyrrole nitrogens is 1. The van der Waals surface area contributed by atoms with E-state index in [0.717, 1.165) is 30.3 Å². The Bertz CT molecular complexity index is 755. The highest BCUT2D eigenvalue weighted by Gasteiger charge is 2.21. The lowest BCUT2D eigenvalue weighted by Crippen LogP contribution is -2.27. The maximum Gasteiger partial charge on any atom is 0.270 e. The molecule has 1 amide bonds. The van der Waals surface area contributed by atoms with Crippen LogP contribution in [0, 0.1) is 0 Å². The number of carbonyl (C=O) groups is 2. The van der Waals surface area contributed by atoms with Crippen LogP contribution in [-0.2, 0) is 4.74 Å². The second kappa shape index (κ2) is 9.15. The summed E-state index contributed by atoms with van der Waals surface area (Å²) in [6.07, 6.45) is 3.68. The quantitative estimate of drug-likeness (QED) is 0.381. The van der Waals surface area contributed by atoms with E-state index in [9.17, 15) is 9.59 Å². The number of aromatic nitrogens is 3. The molecule has 0 radical (unpaired) electrons. The molecule has 8 nitrogen and oxygen atoms in total. The van der Waals surface area contributed by atoms with Gasteiger partial charge in [0, 0.05) is 38.5 Å². The van der Waals surface area contributed by atoms with Gasteiger partial charge in [-0.1, -0.05) is 23.1 Å². The van der Waals surface area contributed by atoms with E-state index in [1.165, 1.54) is 23.1 Å². The van der Waals surface area contributed by atoms with Crippen LogP contribution in [0.5, 0.6) is 0 Å². The molecule has 140 valence electrons. The van der Waals surface area contributed by atoms with Crippen LogP contribution in [0.25, 0.3) is 0 Å². The number of Topliss-reactive ketones (excluding diaryl/α,β-unsaturated/α-hetero) is 1. The summed E-state index contributed by atoms with van der Waals surface area (Å²) >= 11 is 2.74. The van der Waals surface area contributed by atoms with Crippen molar-refractivity contribution in [3.63, 3.8) is 0 Å². The van der Waals surface area contributed by atoms with Gasteiger partial charge in [-0.15, -0.1) is 10.2 Å². The van der Waals surface area contributed by atoms with Gasteiger partial charge >= 0.3 is 0 Å². The summed E-state index contributed by atoms with van der Waals surface area (Å²) in [4.78, 5) is 29.4. The Morgan fingerprint density at radius 2 is 2.19 bits per heavy atom. The standard InChI is InChI=1S/C16H21N5O3S2/c1-24-7-4-17-15-19-20-16(26-15)25-10-13(22)11-8-12(18-9-11)14(23)21-5-2-3-6-21/h8-9,18H,2-7,10H2,1H3,(H,17,19). The summed E-state index contributed by atoms with van der Waals surface area (Å²) in [5.41, 5.74) is 0.990. The van der Waals surface area contributed by atoms with Crippen LogP contribution in [0.2, 0.25) is 0 Å². The van der Waals surface area contributed by atoms with Crippen molar-refractivity contribution in [2.45, 2.75) is 17.2 Å². The van der Waals surface area contributed by atoms with Crippen LogP contribution in [0.1, 0.15) is 33.7 Å². The summed E-state index contributed by atoms with van der Waals surface area (Å²) in [6, 6.07) is 1.64. The fourth-order valence-corrected chi connectivity index (χ4v) is 4.25. The van der Waals surface area contributed by atoms with E-state index in [4.69, 9.17) is 4.74 Å². The normalized spacial score (nSPS) is 14.0. The van der Waals surface area contributed by atoms with E-state index in [2.05, 4.69) is 20.5 Å². The molecule has 3 rings (SSSR count). The highest BCUT2D eigenvalue weighted by Crippen LogP contribution is 2.26. The first-order valence-corrected chi connectivity index (χ1v) is 10.2. The minimum absolute atomic E-state index is 0.0369. The number of nitrogens with zero attached hydrogens (tertiary/aromatic N) is 3. The van der Waals surface area contributed by atoms with Crippen LogP contribution in [0.15, 0.2) is 16.6 Å². The summed E-state index contributed by atoms with van der Waals surface area (Å²) < 4.78 is 5.69. The molecule has 10 heteroatoms. The summed E-state index contributed by atoms with van der Waals surface area (Å²) in [7, 11) is 1.64. The number of hydrogen-bond donors (Lipinski definition) is 2. The molecule has 0 aromatic carbocycles. The van der Waals surface area contributed by atoms with Gasteiger partial charge in [0.15, 0.2) is 10.1 Å². The van der Waals surface area contributed by atoms with Crippen LogP contribution in [0.4, 0.5) is 5.13 Å². The Balaban J connectivity index is 1.50. The molecule has 2 N–H and O–H groups in total. The Hall–Kier alpha value is -1.91. The maximum absolute atomic E-state index is 12.4. The van der Waals surface area contributed by atoms with Gasteiger partial charge in [0.2, 0.25) is 5.13 Å². The molecular formula is C16H21N5O3S2. The number of amides is 1. The molecule has 0 spiro atoms. The SMILES string of the molecule is COCCNc1nnc(SCC(=O)c2c[nH]c(C(=O)N3CCCC3)c2)s1. The van der Waals surface area contributed by atoms with Crippen molar-refractivity contribution < 1.29 is 14.3 Å². The highest BCUT2D eigenvalue weighted by molar-refractivity contribution is 8.01. The fourth-order valence-electron chi connectivity index (χ4n) is 2.58. The topological polar surface area (TPSA) is 100 Å². The summed E-state index contributed by atoms with van der Waals surface area (Å²) in [5, 5.41) is 11.9. The number of methoxy groups -OCH3 is 1. The van der Waals surface area contributed by atoms with Crippen molar-refractivity contribution in [2.24, 2.45) is 0 Å². The molecular weight excluding hydrogens is 374 g/mol. The largest absolute Gasteiger partial charge is 0.383 e. The average Bonchev–Trinajstić information content (AvgIpc) is 3.40. The van der Waals surface area contributed by atoms with Gasteiger partial charge in [-0.25, -0.2) is 0 Å². The Morgan fingerprint density at radius 1 is 1.38 bits per heavy atom. The van der Waals surface area contributed by atoms with Crippen LogP contribution < -0.4 is 5.32 Å². The predicted molar refractivity (Wildman–Crippen MR) is 101 cm³/mol. The van der Waals surface area contributed by atoms with E-state index < -0.39 is 0 Å². The van der Waals surface area contributed by atoms with Gasteiger partial charge in [-0.2, -0.15) is 0 Å². The number of hydrogen-bond acceptors (Lipinski definition) is 8. The molecule has 1 aliphatic heterocycles. The van der Waals surface area contributed by atoms with Crippen LogP contribution in [0.3, 0.4) is 0 Å². The van der Waals surface area contributed by atoms with E-state index in [0.29, 0.717) is 29.5 Å². The number of nitrogens with one attached hydrogen (secondary N) is 2.